The van der Waals surface area contributed by atoms with E-state index in [0.717, 1.165) is 18.1 Å². The first kappa shape index (κ1) is 18.1. The fourth-order valence-electron chi connectivity index (χ4n) is 4.26. The van der Waals surface area contributed by atoms with E-state index in [-0.39, 0.29) is 6.04 Å². The Hall–Kier alpha value is -2.33. The van der Waals surface area contributed by atoms with E-state index in [1.165, 1.54) is 48.9 Å². The van der Waals surface area contributed by atoms with Gasteiger partial charge in [-0.1, -0.05) is 49.6 Å². The molecule has 4 rings (SSSR count). The second-order valence-corrected chi connectivity index (χ2v) is 7.68. The van der Waals surface area contributed by atoms with Crippen LogP contribution in [0.15, 0.2) is 53.5 Å². The van der Waals surface area contributed by atoms with Crippen molar-refractivity contribution in [2.24, 2.45) is 4.99 Å². The predicted octanol–water partition coefficient (Wildman–Crippen LogP) is 5.03. The first-order valence-electron chi connectivity index (χ1n) is 10.0. The molecule has 2 aromatic rings. The first-order valence-corrected chi connectivity index (χ1v) is 10.0. The van der Waals surface area contributed by atoms with Gasteiger partial charge in [-0.25, -0.2) is 0 Å². The normalized spacial score (nSPS) is 22.7. The minimum absolute atomic E-state index is 0.116. The summed E-state index contributed by atoms with van der Waals surface area (Å²) in [6.45, 7) is 0.892. The van der Waals surface area contributed by atoms with Crippen molar-refractivity contribution >= 4 is 11.5 Å². The van der Waals surface area contributed by atoms with Crippen LogP contribution in [0.4, 0.5) is 5.69 Å². The number of anilines is 1. The average molecular weight is 364 g/mol. The Morgan fingerprint density at radius 2 is 1.74 bits per heavy atom. The number of hydrogen-bond acceptors (Lipinski definition) is 3. The molecule has 0 bridgehead atoms. The van der Waals surface area contributed by atoms with Gasteiger partial charge in [-0.2, -0.15) is 0 Å². The number of fused-ring (bicyclic) bond motifs is 1. The summed E-state index contributed by atoms with van der Waals surface area (Å²) >= 11 is 0. The van der Waals surface area contributed by atoms with Crippen LogP contribution in [0, 0.1) is 0 Å². The Labute approximate surface area is 162 Å². The number of nitrogens with one attached hydrogen (secondary N) is 1. The maximum absolute atomic E-state index is 5.35. The van der Waals surface area contributed by atoms with Gasteiger partial charge in [0.25, 0.3) is 0 Å². The number of methoxy groups -OCH3 is 1. The minimum atomic E-state index is 0.116. The van der Waals surface area contributed by atoms with Gasteiger partial charge in [0.05, 0.1) is 19.2 Å². The van der Waals surface area contributed by atoms with Crippen LogP contribution in [0.3, 0.4) is 0 Å². The molecule has 0 spiro atoms. The number of hydrogen-bond donors (Lipinski definition) is 1. The van der Waals surface area contributed by atoms with Gasteiger partial charge in [0.1, 0.15) is 11.6 Å². The Kier molecular flexibility index (Phi) is 5.44. The van der Waals surface area contributed by atoms with Crippen molar-refractivity contribution in [1.82, 2.24) is 4.90 Å². The molecule has 1 heterocycles. The molecule has 1 N–H and O–H groups in total. The van der Waals surface area contributed by atoms with Crippen LogP contribution in [0.2, 0.25) is 0 Å². The number of para-hydroxylation sites is 1. The molecule has 0 radical (unpaired) electrons. The molecule has 27 heavy (non-hydrogen) atoms. The number of aliphatic imine (C=N–C) groups is 1. The molecule has 1 aliphatic heterocycles. The second kappa shape index (κ2) is 8.13. The standard InChI is InChI=1S/C23H29N3O/c1-26-16-18-8-6-7-11-21(18)25-23(24-19-9-4-3-5-10-19)22(26)17-12-14-20(27-2)15-13-17/h6-8,11-15,19,22H,3-5,9-10,16H2,1-2H3,(H,24,25). The van der Waals surface area contributed by atoms with Gasteiger partial charge in [0, 0.05) is 12.2 Å². The molecule has 1 saturated carbocycles. The summed E-state index contributed by atoms with van der Waals surface area (Å²) in [4.78, 5) is 7.63. The van der Waals surface area contributed by atoms with Gasteiger partial charge in [-0.15, -0.1) is 0 Å². The van der Waals surface area contributed by atoms with Crippen LogP contribution >= 0.6 is 0 Å². The van der Waals surface area contributed by atoms with Gasteiger partial charge in [0.2, 0.25) is 0 Å². The summed E-state index contributed by atoms with van der Waals surface area (Å²) < 4.78 is 5.35. The summed E-state index contributed by atoms with van der Waals surface area (Å²) in [7, 11) is 3.90. The summed E-state index contributed by atoms with van der Waals surface area (Å²) in [5.74, 6) is 1.96. The van der Waals surface area contributed by atoms with Gasteiger partial charge >= 0.3 is 0 Å². The lowest BCUT2D eigenvalue weighted by molar-refractivity contribution is 0.294. The van der Waals surface area contributed by atoms with Crippen LogP contribution in [0.1, 0.15) is 49.3 Å². The fraction of sp³-hybridized carbons (Fsp3) is 0.435. The Morgan fingerprint density at radius 3 is 2.48 bits per heavy atom. The number of rotatable bonds is 3. The zero-order valence-electron chi connectivity index (χ0n) is 16.3. The highest BCUT2D eigenvalue weighted by atomic mass is 16.5. The molecule has 4 nitrogen and oxygen atoms in total. The molecular weight excluding hydrogens is 334 g/mol. The largest absolute Gasteiger partial charge is 0.497 e. The molecule has 4 heteroatoms. The van der Waals surface area contributed by atoms with Crippen molar-refractivity contribution in [2.45, 2.75) is 50.7 Å². The van der Waals surface area contributed by atoms with E-state index in [1.54, 1.807) is 7.11 Å². The molecule has 0 amide bonds. The third kappa shape index (κ3) is 4.01. The van der Waals surface area contributed by atoms with E-state index in [9.17, 15) is 0 Å². The monoisotopic (exact) mass is 363 g/mol. The van der Waals surface area contributed by atoms with Gasteiger partial charge in [-0.3, -0.25) is 9.89 Å². The van der Waals surface area contributed by atoms with Crippen LogP contribution in [-0.2, 0) is 6.54 Å². The van der Waals surface area contributed by atoms with Gasteiger partial charge in [0.15, 0.2) is 0 Å². The second-order valence-electron chi connectivity index (χ2n) is 7.68. The molecule has 2 aromatic carbocycles. The highest BCUT2D eigenvalue weighted by Gasteiger charge is 2.29. The third-order valence-corrected chi connectivity index (χ3v) is 5.73. The highest BCUT2D eigenvalue weighted by molar-refractivity contribution is 6.01. The smallest absolute Gasteiger partial charge is 0.123 e. The van der Waals surface area contributed by atoms with E-state index >= 15 is 0 Å². The molecule has 0 aromatic heterocycles. The molecule has 0 saturated heterocycles. The van der Waals surface area contributed by atoms with E-state index in [1.807, 2.05) is 12.1 Å². The molecule has 2 aliphatic rings. The number of likely N-dealkylation sites (N-methyl/N-ethyl adjacent to an activating group) is 1. The molecule has 1 fully saturated rings. The molecular formula is C23H29N3O. The van der Waals surface area contributed by atoms with Crippen molar-refractivity contribution in [3.63, 3.8) is 0 Å². The highest BCUT2D eigenvalue weighted by Crippen LogP contribution is 2.32. The van der Waals surface area contributed by atoms with Crippen molar-refractivity contribution < 1.29 is 4.74 Å². The van der Waals surface area contributed by atoms with Crippen molar-refractivity contribution in [3.05, 3.63) is 59.7 Å². The lowest BCUT2D eigenvalue weighted by Gasteiger charge is -2.29. The molecule has 1 unspecified atom stereocenters. The number of ether oxygens (including phenoxy) is 1. The molecule has 1 aliphatic carbocycles. The predicted molar refractivity (Wildman–Crippen MR) is 112 cm³/mol. The van der Waals surface area contributed by atoms with Crippen molar-refractivity contribution in [2.75, 3.05) is 19.5 Å². The number of amidine groups is 1. The summed E-state index contributed by atoms with van der Waals surface area (Å²) in [6, 6.07) is 17.5. The first-order chi connectivity index (χ1) is 13.2. The minimum Gasteiger partial charge on any atom is -0.497 e. The Morgan fingerprint density at radius 1 is 1.00 bits per heavy atom. The van der Waals surface area contributed by atoms with Crippen LogP contribution in [0.5, 0.6) is 5.75 Å². The topological polar surface area (TPSA) is 36.9 Å². The lowest BCUT2D eigenvalue weighted by atomic mass is 9.95. The van der Waals surface area contributed by atoms with Gasteiger partial charge < -0.3 is 10.1 Å². The zero-order chi connectivity index (χ0) is 18.6. The Balaban J connectivity index is 1.73. The Bertz CT molecular complexity index is 794. The maximum atomic E-state index is 5.35. The molecule has 1 atom stereocenters. The fourth-order valence-corrected chi connectivity index (χ4v) is 4.26. The third-order valence-electron chi connectivity index (χ3n) is 5.73. The summed E-state index contributed by atoms with van der Waals surface area (Å²) in [5.41, 5.74) is 3.73. The average Bonchev–Trinajstić information content (AvgIpc) is 2.84. The lowest BCUT2D eigenvalue weighted by Crippen LogP contribution is -2.33. The zero-order valence-corrected chi connectivity index (χ0v) is 16.3. The number of nitrogens with zero attached hydrogens (tertiary/aromatic N) is 2. The van der Waals surface area contributed by atoms with E-state index in [0.29, 0.717) is 6.04 Å². The van der Waals surface area contributed by atoms with E-state index in [2.05, 4.69) is 53.7 Å². The van der Waals surface area contributed by atoms with Crippen LogP contribution < -0.4 is 10.1 Å². The van der Waals surface area contributed by atoms with Crippen molar-refractivity contribution in [3.8, 4) is 5.75 Å². The van der Waals surface area contributed by atoms with E-state index < -0.39 is 0 Å². The summed E-state index contributed by atoms with van der Waals surface area (Å²) in [5, 5.41) is 3.69. The van der Waals surface area contributed by atoms with Crippen LogP contribution in [0.25, 0.3) is 0 Å². The summed E-state index contributed by atoms with van der Waals surface area (Å²) in [6.07, 6.45) is 6.33. The quantitative estimate of drug-likeness (QED) is 0.831. The van der Waals surface area contributed by atoms with Crippen LogP contribution in [-0.4, -0.2) is 30.9 Å². The van der Waals surface area contributed by atoms with Crippen molar-refractivity contribution in [1.29, 1.82) is 0 Å². The van der Waals surface area contributed by atoms with Gasteiger partial charge in [-0.05, 0) is 49.2 Å². The SMILES string of the molecule is COc1ccc(C2C(=NC3CCCCC3)Nc3ccccc3CN2C)cc1. The maximum Gasteiger partial charge on any atom is 0.123 e. The van der Waals surface area contributed by atoms with E-state index in [4.69, 9.17) is 9.73 Å². The number of benzene rings is 2. The molecule has 142 valence electrons.